The summed E-state index contributed by atoms with van der Waals surface area (Å²) in [5.41, 5.74) is 0.843. The molecule has 0 saturated carbocycles. The number of carbonyl (C=O) groups is 2. The van der Waals surface area contributed by atoms with Gasteiger partial charge >= 0.3 is 0 Å². The Balaban J connectivity index is 1.67. The molecule has 22 heavy (non-hydrogen) atoms. The molecule has 1 aromatic rings. The van der Waals surface area contributed by atoms with Gasteiger partial charge in [0.15, 0.2) is 0 Å². The smallest absolute Gasteiger partial charge is 0.242 e. The van der Waals surface area contributed by atoms with Gasteiger partial charge in [-0.05, 0) is 25.7 Å². The van der Waals surface area contributed by atoms with Crippen LogP contribution in [0.2, 0.25) is 0 Å². The van der Waals surface area contributed by atoms with Gasteiger partial charge in [-0.2, -0.15) is 0 Å². The van der Waals surface area contributed by atoms with E-state index in [0.717, 1.165) is 44.3 Å². The van der Waals surface area contributed by atoms with Gasteiger partial charge < -0.3 is 9.80 Å². The van der Waals surface area contributed by atoms with Crippen LogP contribution in [-0.2, 0) is 9.59 Å². The van der Waals surface area contributed by atoms with Crippen molar-refractivity contribution in [3.05, 3.63) is 24.3 Å². The number of hydrogen-bond donors (Lipinski definition) is 0. The lowest BCUT2D eigenvalue weighted by Crippen LogP contribution is -2.42. The molecule has 0 bridgehead atoms. The quantitative estimate of drug-likeness (QED) is 0.849. The molecule has 1 atom stereocenters. The van der Waals surface area contributed by atoms with Crippen molar-refractivity contribution in [1.29, 1.82) is 0 Å². The molecule has 0 radical (unpaired) electrons. The highest BCUT2D eigenvalue weighted by molar-refractivity contribution is 5.85. The second-order valence-corrected chi connectivity index (χ2v) is 6.00. The Bertz CT molecular complexity index is 534. The van der Waals surface area contributed by atoms with Crippen LogP contribution in [0.1, 0.15) is 50.3 Å². The lowest BCUT2D eigenvalue weighted by atomic mass is 10.1. The first-order chi connectivity index (χ1) is 10.8. The van der Waals surface area contributed by atoms with Crippen molar-refractivity contribution in [2.24, 2.45) is 0 Å². The molecule has 0 unspecified atom stereocenters. The van der Waals surface area contributed by atoms with Crippen LogP contribution < -0.4 is 0 Å². The van der Waals surface area contributed by atoms with Gasteiger partial charge in [0.2, 0.25) is 11.8 Å². The van der Waals surface area contributed by atoms with E-state index < -0.39 is 0 Å². The van der Waals surface area contributed by atoms with Crippen LogP contribution in [0.3, 0.4) is 0 Å². The number of likely N-dealkylation sites (tertiary alicyclic amines) is 2. The Labute approximate surface area is 130 Å². The molecule has 2 amide bonds. The third-order valence-electron chi connectivity index (χ3n) is 4.50. The Morgan fingerprint density at radius 3 is 2.91 bits per heavy atom. The summed E-state index contributed by atoms with van der Waals surface area (Å²) < 4.78 is 0. The number of aromatic nitrogens is 2. The number of hydrogen-bond acceptors (Lipinski definition) is 4. The van der Waals surface area contributed by atoms with Crippen LogP contribution >= 0.6 is 0 Å². The lowest BCUT2D eigenvalue weighted by molar-refractivity contribution is -0.140. The monoisotopic (exact) mass is 302 g/mol. The summed E-state index contributed by atoms with van der Waals surface area (Å²) in [5, 5.41) is 0. The number of amides is 2. The summed E-state index contributed by atoms with van der Waals surface area (Å²) in [4.78, 5) is 36.7. The first kappa shape index (κ1) is 14.9. The van der Waals surface area contributed by atoms with Gasteiger partial charge in [0.1, 0.15) is 0 Å². The number of rotatable bonds is 3. The second kappa shape index (κ2) is 6.85. The lowest BCUT2D eigenvalue weighted by Gasteiger charge is -2.27. The van der Waals surface area contributed by atoms with Crippen LogP contribution in [0.4, 0.5) is 0 Å². The average Bonchev–Trinajstić information content (AvgIpc) is 2.95. The first-order valence-electron chi connectivity index (χ1n) is 8.09. The highest BCUT2D eigenvalue weighted by Crippen LogP contribution is 2.30. The molecule has 1 aromatic heterocycles. The van der Waals surface area contributed by atoms with E-state index in [0.29, 0.717) is 13.0 Å². The molecule has 0 spiro atoms. The molecule has 2 saturated heterocycles. The molecular formula is C16H22N4O2. The molecule has 2 aliphatic rings. The number of carbonyl (C=O) groups excluding carboxylic acids is 2. The molecule has 118 valence electrons. The van der Waals surface area contributed by atoms with Crippen molar-refractivity contribution in [3.63, 3.8) is 0 Å². The van der Waals surface area contributed by atoms with E-state index in [1.54, 1.807) is 23.5 Å². The van der Waals surface area contributed by atoms with Crippen LogP contribution in [0.5, 0.6) is 0 Å². The Morgan fingerprint density at radius 1 is 1.18 bits per heavy atom. The summed E-state index contributed by atoms with van der Waals surface area (Å²) in [5.74, 6) is 0.143. The summed E-state index contributed by atoms with van der Waals surface area (Å²) in [6.45, 7) is 1.64. The predicted octanol–water partition coefficient (Wildman–Crippen LogP) is 1.54. The van der Waals surface area contributed by atoms with Gasteiger partial charge in [-0.3, -0.25) is 19.6 Å². The first-order valence-corrected chi connectivity index (χ1v) is 8.09. The fraction of sp³-hybridized carbons (Fsp3) is 0.625. The second-order valence-electron chi connectivity index (χ2n) is 6.00. The zero-order chi connectivity index (χ0) is 15.4. The van der Waals surface area contributed by atoms with Crippen molar-refractivity contribution in [3.8, 4) is 0 Å². The topological polar surface area (TPSA) is 66.4 Å². The number of nitrogens with zero attached hydrogens (tertiary/aromatic N) is 4. The van der Waals surface area contributed by atoms with Crippen molar-refractivity contribution in [1.82, 2.24) is 19.8 Å². The minimum atomic E-state index is 0.00304. The van der Waals surface area contributed by atoms with Crippen molar-refractivity contribution in [2.75, 3.05) is 19.6 Å². The molecule has 2 fully saturated rings. The predicted molar refractivity (Wildman–Crippen MR) is 80.8 cm³/mol. The van der Waals surface area contributed by atoms with Crippen molar-refractivity contribution < 1.29 is 9.59 Å². The summed E-state index contributed by atoms with van der Waals surface area (Å²) >= 11 is 0. The zero-order valence-corrected chi connectivity index (χ0v) is 12.8. The molecule has 0 N–H and O–H groups in total. The largest absolute Gasteiger partial charge is 0.333 e. The van der Waals surface area contributed by atoms with Crippen LogP contribution in [0.25, 0.3) is 0 Å². The fourth-order valence-electron chi connectivity index (χ4n) is 3.32. The summed E-state index contributed by atoms with van der Waals surface area (Å²) in [7, 11) is 0. The van der Waals surface area contributed by atoms with Gasteiger partial charge in [0.25, 0.3) is 0 Å². The van der Waals surface area contributed by atoms with E-state index in [2.05, 4.69) is 9.97 Å². The molecule has 3 rings (SSSR count). The van der Waals surface area contributed by atoms with E-state index >= 15 is 0 Å². The third kappa shape index (κ3) is 3.26. The van der Waals surface area contributed by atoms with Crippen LogP contribution in [0, 0.1) is 0 Å². The molecule has 0 aliphatic carbocycles. The maximum absolute atomic E-state index is 12.6. The van der Waals surface area contributed by atoms with E-state index in [1.807, 2.05) is 4.90 Å². The standard InChI is InChI=1S/C16H22N4O2/c21-15-6-2-1-3-9-19(15)12-16(22)20-10-4-5-14(20)13-11-17-7-8-18-13/h7-8,11,14H,1-6,9-10,12H2/t14-/m1/s1. The SMILES string of the molecule is O=C1CCCCCN1CC(=O)N1CCC[C@@H]1c1cnccn1. The van der Waals surface area contributed by atoms with Gasteiger partial charge in [-0.15, -0.1) is 0 Å². The van der Waals surface area contributed by atoms with Gasteiger partial charge in [0.05, 0.1) is 24.5 Å². The Hall–Kier alpha value is -1.98. The Morgan fingerprint density at radius 2 is 2.09 bits per heavy atom. The molecular weight excluding hydrogens is 280 g/mol. The van der Waals surface area contributed by atoms with Gasteiger partial charge in [0, 0.05) is 31.9 Å². The minimum absolute atomic E-state index is 0.00304. The summed E-state index contributed by atoms with van der Waals surface area (Å²) in [6.07, 6.45) is 10.5. The van der Waals surface area contributed by atoms with Crippen LogP contribution in [-0.4, -0.2) is 51.2 Å². The molecule has 0 aromatic carbocycles. The van der Waals surface area contributed by atoms with Crippen LogP contribution in [0.15, 0.2) is 18.6 Å². The minimum Gasteiger partial charge on any atom is -0.333 e. The maximum Gasteiger partial charge on any atom is 0.242 e. The summed E-state index contributed by atoms with van der Waals surface area (Å²) in [6, 6.07) is 0.00304. The fourth-order valence-corrected chi connectivity index (χ4v) is 3.32. The van der Waals surface area contributed by atoms with Crippen molar-refractivity contribution in [2.45, 2.75) is 44.6 Å². The Kier molecular flexibility index (Phi) is 4.65. The maximum atomic E-state index is 12.6. The normalized spacial score (nSPS) is 22.7. The average molecular weight is 302 g/mol. The van der Waals surface area contributed by atoms with E-state index in [1.165, 1.54) is 0 Å². The molecule has 6 nitrogen and oxygen atoms in total. The molecule has 3 heterocycles. The van der Waals surface area contributed by atoms with Crippen molar-refractivity contribution >= 4 is 11.8 Å². The zero-order valence-electron chi connectivity index (χ0n) is 12.8. The molecule has 2 aliphatic heterocycles. The highest BCUT2D eigenvalue weighted by atomic mass is 16.2. The van der Waals surface area contributed by atoms with Gasteiger partial charge in [-0.25, -0.2) is 0 Å². The van der Waals surface area contributed by atoms with E-state index in [9.17, 15) is 9.59 Å². The molecule has 6 heteroatoms. The highest BCUT2D eigenvalue weighted by Gasteiger charge is 2.32. The van der Waals surface area contributed by atoms with E-state index in [-0.39, 0.29) is 24.4 Å². The van der Waals surface area contributed by atoms with E-state index in [4.69, 9.17) is 0 Å². The third-order valence-corrected chi connectivity index (χ3v) is 4.50. The van der Waals surface area contributed by atoms with Gasteiger partial charge in [-0.1, -0.05) is 6.42 Å².